The first-order chi connectivity index (χ1) is 13.8. The fourth-order valence-electron chi connectivity index (χ4n) is 6.44. The van der Waals surface area contributed by atoms with Gasteiger partial charge in [0, 0.05) is 13.0 Å². The Morgan fingerprint density at radius 2 is 1.72 bits per heavy atom. The minimum absolute atomic E-state index is 0.0420. The summed E-state index contributed by atoms with van der Waals surface area (Å²) in [5, 5.41) is 3.32. The summed E-state index contributed by atoms with van der Waals surface area (Å²) in [5.74, 6) is -0.555. The maximum absolute atomic E-state index is 13.3. The lowest BCUT2D eigenvalue weighted by molar-refractivity contribution is -0.185. The minimum atomic E-state index is -4.07. The van der Waals surface area contributed by atoms with Crippen molar-refractivity contribution < 1.29 is 18.0 Å². The number of fused-ring (bicyclic) bond motifs is 1. The second-order valence-electron chi connectivity index (χ2n) is 9.74. The van der Waals surface area contributed by atoms with E-state index in [0.717, 1.165) is 44.9 Å². The molecular weight excluding hydrogens is 379 g/mol. The van der Waals surface area contributed by atoms with E-state index in [1.54, 1.807) is 0 Å². The van der Waals surface area contributed by atoms with E-state index in [9.17, 15) is 18.0 Å². The Kier molecular flexibility index (Phi) is 6.12. The normalized spacial score (nSPS) is 40.6. The predicted molar refractivity (Wildman–Crippen MR) is 107 cm³/mol. The number of nitrogens with one attached hydrogen (secondary N) is 1. The highest BCUT2D eigenvalue weighted by molar-refractivity contribution is 5.79. The number of amides is 1. The number of rotatable bonds is 3. The average molecular weight is 414 g/mol. The van der Waals surface area contributed by atoms with Crippen molar-refractivity contribution in [2.24, 2.45) is 28.7 Å². The number of halogens is 3. The molecule has 0 aromatic rings. The Labute approximate surface area is 171 Å². The molecule has 0 radical (unpaired) electrons. The van der Waals surface area contributed by atoms with Gasteiger partial charge in [-0.1, -0.05) is 12.8 Å². The smallest absolute Gasteiger partial charge is 0.361 e. The van der Waals surface area contributed by atoms with E-state index in [0.29, 0.717) is 18.9 Å². The lowest BCUT2D eigenvalue weighted by atomic mass is 9.66. The van der Waals surface area contributed by atoms with Gasteiger partial charge in [-0.2, -0.15) is 13.2 Å². The molecule has 1 aliphatic heterocycles. The van der Waals surface area contributed by atoms with E-state index < -0.39 is 12.1 Å². The summed E-state index contributed by atoms with van der Waals surface area (Å²) in [6, 6.07) is 0.613. The molecule has 1 heterocycles. The Bertz CT molecular complexity index is 615. The van der Waals surface area contributed by atoms with Crippen molar-refractivity contribution in [3.63, 3.8) is 0 Å². The number of hydrogen-bond acceptors (Lipinski definition) is 3. The minimum Gasteiger partial charge on any atom is -0.361 e. The molecule has 5 unspecified atom stereocenters. The molecule has 0 spiro atoms. The van der Waals surface area contributed by atoms with Crippen molar-refractivity contribution in [1.82, 2.24) is 10.2 Å². The van der Waals surface area contributed by atoms with E-state index >= 15 is 0 Å². The molecule has 3 aliphatic carbocycles. The first-order valence-electron chi connectivity index (χ1n) is 11.5. The lowest BCUT2D eigenvalue weighted by Gasteiger charge is -2.41. The summed E-state index contributed by atoms with van der Waals surface area (Å²) in [4.78, 5) is 20.1. The molecule has 3 saturated carbocycles. The largest absolute Gasteiger partial charge is 0.391 e. The van der Waals surface area contributed by atoms with Crippen molar-refractivity contribution in [3.05, 3.63) is 0 Å². The second kappa shape index (κ2) is 8.46. The number of nitrogens with zero attached hydrogens (tertiary/aromatic N) is 2. The van der Waals surface area contributed by atoms with E-state index in [-0.39, 0.29) is 48.6 Å². The lowest BCUT2D eigenvalue weighted by Crippen LogP contribution is -2.54. The third kappa shape index (κ3) is 4.43. The fourth-order valence-corrected chi connectivity index (χ4v) is 6.44. The summed E-state index contributed by atoms with van der Waals surface area (Å²) < 4.78 is 39.1. The van der Waals surface area contributed by atoms with Crippen LogP contribution in [0.3, 0.4) is 0 Å². The van der Waals surface area contributed by atoms with Crippen molar-refractivity contribution >= 4 is 12.2 Å². The van der Waals surface area contributed by atoms with Gasteiger partial charge in [-0.25, -0.2) is 0 Å². The quantitative estimate of drug-likeness (QED) is 0.738. The van der Waals surface area contributed by atoms with Crippen LogP contribution in [0.5, 0.6) is 0 Å². The second-order valence-corrected chi connectivity index (χ2v) is 9.74. The molecule has 7 heteroatoms. The van der Waals surface area contributed by atoms with Crippen LogP contribution in [0.4, 0.5) is 13.2 Å². The third-order valence-electron chi connectivity index (χ3n) is 8.09. The number of carbonyl (C=O) groups excluding carboxylic acids is 1. The maximum Gasteiger partial charge on any atom is 0.391 e. The van der Waals surface area contributed by atoms with E-state index in [1.165, 1.54) is 0 Å². The molecule has 29 heavy (non-hydrogen) atoms. The number of hydrogen-bond donors (Lipinski definition) is 1. The predicted octanol–water partition coefficient (Wildman–Crippen LogP) is 4.54. The van der Waals surface area contributed by atoms with Gasteiger partial charge in [-0.15, -0.1) is 0 Å². The molecule has 0 saturated heterocycles. The number of aliphatic imine (C=N–C) groups is 1. The van der Waals surface area contributed by atoms with Gasteiger partial charge in [0.25, 0.3) is 0 Å². The highest BCUT2D eigenvalue weighted by Crippen LogP contribution is 2.46. The first-order valence-corrected chi connectivity index (χ1v) is 11.5. The third-order valence-corrected chi connectivity index (χ3v) is 8.09. The van der Waals surface area contributed by atoms with E-state index in [1.807, 2.05) is 13.4 Å². The van der Waals surface area contributed by atoms with Gasteiger partial charge in [-0.3, -0.25) is 9.79 Å². The van der Waals surface area contributed by atoms with Crippen LogP contribution in [0.15, 0.2) is 4.99 Å². The summed E-state index contributed by atoms with van der Waals surface area (Å²) in [5.41, 5.74) is 0. The van der Waals surface area contributed by atoms with Crippen molar-refractivity contribution in [3.8, 4) is 0 Å². The average Bonchev–Trinajstić information content (AvgIpc) is 3.09. The zero-order chi connectivity index (χ0) is 20.6. The van der Waals surface area contributed by atoms with Crippen LogP contribution in [0.2, 0.25) is 0 Å². The van der Waals surface area contributed by atoms with Crippen LogP contribution < -0.4 is 5.32 Å². The van der Waals surface area contributed by atoms with E-state index in [4.69, 9.17) is 0 Å². The van der Waals surface area contributed by atoms with E-state index in [2.05, 4.69) is 15.2 Å². The van der Waals surface area contributed by atoms with Crippen LogP contribution in [-0.2, 0) is 4.79 Å². The van der Waals surface area contributed by atoms with Gasteiger partial charge in [-0.05, 0) is 69.6 Å². The number of alkyl halides is 3. The zero-order valence-corrected chi connectivity index (χ0v) is 17.3. The van der Waals surface area contributed by atoms with Gasteiger partial charge >= 0.3 is 6.18 Å². The number of likely N-dealkylation sites (N-methyl/N-ethyl adjacent to an activating group) is 1. The molecule has 164 valence electrons. The molecule has 4 rings (SSSR count). The van der Waals surface area contributed by atoms with Gasteiger partial charge in [0.05, 0.1) is 30.4 Å². The van der Waals surface area contributed by atoms with Crippen molar-refractivity contribution in [2.45, 2.75) is 94.9 Å². The number of carbonyl (C=O) groups is 1. The van der Waals surface area contributed by atoms with Gasteiger partial charge in [0.2, 0.25) is 5.91 Å². The molecular formula is C22H34F3N3O. The molecule has 4 aliphatic rings. The summed E-state index contributed by atoms with van der Waals surface area (Å²) in [7, 11) is 2.05. The zero-order valence-electron chi connectivity index (χ0n) is 17.3. The van der Waals surface area contributed by atoms with Crippen molar-refractivity contribution in [1.29, 1.82) is 0 Å². The first kappa shape index (κ1) is 21.0. The fraction of sp³-hybridized carbons (Fsp3) is 0.909. The Hall–Kier alpha value is -1.27. The van der Waals surface area contributed by atoms with Crippen LogP contribution in [-0.4, -0.2) is 48.5 Å². The van der Waals surface area contributed by atoms with Crippen LogP contribution in [0.1, 0.15) is 70.6 Å². The Morgan fingerprint density at radius 1 is 1.00 bits per heavy atom. The summed E-state index contributed by atoms with van der Waals surface area (Å²) >= 11 is 0. The molecule has 1 amide bonds. The maximum atomic E-state index is 13.3. The van der Waals surface area contributed by atoms with Crippen LogP contribution in [0.25, 0.3) is 0 Å². The van der Waals surface area contributed by atoms with Gasteiger partial charge < -0.3 is 10.2 Å². The SMILES string of the molecule is CN1C=NC2C(NC(=O)C3CCCCC3C3CCC(C(F)(F)F)CC3)CCCC21. The molecule has 3 fully saturated rings. The summed E-state index contributed by atoms with van der Waals surface area (Å²) in [6.07, 6.45) is 6.67. The molecule has 4 nitrogen and oxygen atoms in total. The van der Waals surface area contributed by atoms with Crippen LogP contribution >= 0.6 is 0 Å². The molecule has 0 aromatic heterocycles. The highest BCUT2D eigenvalue weighted by Gasteiger charge is 2.45. The van der Waals surface area contributed by atoms with Crippen molar-refractivity contribution in [2.75, 3.05) is 7.05 Å². The summed E-state index contributed by atoms with van der Waals surface area (Å²) in [6.45, 7) is 0. The Morgan fingerprint density at radius 3 is 2.45 bits per heavy atom. The molecule has 5 atom stereocenters. The molecule has 0 aromatic carbocycles. The highest BCUT2D eigenvalue weighted by atomic mass is 19.4. The standard InChI is InChI=1S/C22H34F3N3O/c1-28-13-26-20-18(7-4-8-19(20)28)27-21(29)17-6-3-2-5-16(17)14-9-11-15(12-10-14)22(23,24)25/h13-20H,2-12H2,1H3,(H,27,29). The topological polar surface area (TPSA) is 44.7 Å². The van der Waals surface area contributed by atoms with Gasteiger partial charge in [0.1, 0.15) is 0 Å². The monoisotopic (exact) mass is 413 g/mol. The van der Waals surface area contributed by atoms with Gasteiger partial charge in [0.15, 0.2) is 0 Å². The molecule has 1 N–H and O–H groups in total. The van der Waals surface area contributed by atoms with Crippen LogP contribution in [0, 0.1) is 23.7 Å². The molecule has 0 bridgehead atoms. The Balaban J connectivity index is 1.37.